The molecule has 0 bridgehead atoms. The van der Waals surface area contributed by atoms with Crippen molar-refractivity contribution < 1.29 is 5.11 Å². The van der Waals surface area contributed by atoms with Crippen LogP contribution in [0.4, 0.5) is 5.82 Å². The van der Waals surface area contributed by atoms with Gasteiger partial charge < -0.3 is 15.3 Å². The molecule has 2 rings (SSSR count). The first-order valence-corrected chi connectivity index (χ1v) is 8.49. The van der Waals surface area contributed by atoms with Gasteiger partial charge in [0, 0.05) is 46.4 Å². The smallest absolute Gasteiger partial charge is 0.130 e. The third-order valence-corrected chi connectivity index (χ3v) is 4.34. The second kappa shape index (κ2) is 8.31. The average Bonchev–Trinajstić information content (AvgIpc) is 2.80. The van der Waals surface area contributed by atoms with Gasteiger partial charge in [-0.05, 0) is 31.7 Å². The minimum atomic E-state index is 0.188. The second-order valence-corrected chi connectivity index (χ2v) is 6.78. The number of hydrogen-bond acceptors (Lipinski definition) is 4. The molecule has 0 saturated carbocycles. The Bertz CT molecular complexity index is 663. The van der Waals surface area contributed by atoms with Gasteiger partial charge in [0.15, 0.2) is 0 Å². The zero-order chi connectivity index (χ0) is 17.7. The summed E-state index contributed by atoms with van der Waals surface area (Å²) in [5, 5.41) is 17.7. The second-order valence-electron chi connectivity index (χ2n) is 6.78. The fourth-order valence-corrected chi connectivity index (χ4v) is 3.23. The molecule has 5 heteroatoms. The van der Waals surface area contributed by atoms with Gasteiger partial charge in [0.25, 0.3) is 0 Å². The first kappa shape index (κ1) is 18.5. The van der Waals surface area contributed by atoms with Crippen LogP contribution in [0.25, 0.3) is 0 Å². The number of nitrogens with zero attached hydrogens (tertiary/aromatic N) is 3. The molecule has 0 aliphatic rings. The van der Waals surface area contributed by atoms with Crippen molar-refractivity contribution in [3.05, 3.63) is 46.6 Å². The first-order chi connectivity index (χ1) is 11.4. The van der Waals surface area contributed by atoms with Crippen LogP contribution in [0.5, 0.6) is 0 Å². The Morgan fingerprint density at radius 3 is 2.67 bits per heavy atom. The zero-order valence-corrected chi connectivity index (χ0v) is 15.5. The SMILES string of the molecule is Cc1cccc(C[C@H](CO)CNCc2c(C)nn(C)c2N(C)C)c1. The van der Waals surface area contributed by atoms with Gasteiger partial charge in [-0.15, -0.1) is 0 Å². The third kappa shape index (κ3) is 4.58. The summed E-state index contributed by atoms with van der Waals surface area (Å²) in [7, 11) is 6.04. The number of aliphatic hydroxyl groups excluding tert-OH is 1. The number of nitrogens with one attached hydrogen (secondary N) is 1. The number of benzene rings is 1. The number of aryl methyl sites for hydroxylation is 3. The van der Waals surface area contributed by atoms with Crippen LogP contribution in [0.3, 0.4) is 0 Å². The normalized spacial score (nSPS) is 12.4. The summed E-state index contributed by atoms with van der Waals surface area (Å²) in [4.78, 5) is 2.09. The minimum Gasteiger partial charge on any atom is -0.396 e. The molecule has 0 spiro atoms. The first-order valence-electron chi connectivity index (χ1n) is 8.49. The Labute approximate surface area is 145 Å². The molecule has 0 saturated heterocycles. The summed E-state index contributed by atoms with van der Waals surface area (Å²) in [6.07, 6.45) is 0.887. The Balaban J connectivity index is 1.95. The van der Waals surface area contributed by atoms with Crippen molar-refractivity contribution in [1.29, 1.82) is 0 Å². The largest absolute Gasteiger partial charge is 0.396 e. The van der Waals surface area contributed by atoms with Crippen molar-refractivity contribution in [2.75, 3.05) is 32.1 Å². The van der Waals surface area contributed by atoms with Gasteiger partial charge in [-0.3, -0.25) is 4.68 Å². The van der Waals surface area contributed by atoms with Gasteiger partial charge in [-0.1, -0.05) is 29.8 Å². The lowest BCUT2D eigenvalue weighted by molar-refractivity contribution is 0.221. The van der Waals surface area contributed by atoms with E-state index in [4.69, 9.17) is 0 Å². The third-order valence-electron chi connectivity index (χ3n) is 4.34. The molecule has 0 fully saturated rings. The standard InChI is InChI=1S/C19H30N4O/c1-14-7-6-8-16(9-14)10-17(13-24)11-20-12-18-15(2)21-23(5)19(18)22(3)4/h6-9,17,20,24H,10-13H2,1-5H3/t17-/m0/s1. The molecule has 0 aliphatic heterocycles. The number of aliphatic hydroxyl groups is 1. The highest BCUT2D eigenvalue weighted by atomic mass is 16.3. The maximum absolute atomic E-state index is 9.69. The molecule has 0 unspecified atom stereocenters. The summed E-state index contributed by atoms with van der Waals surface area (Å²) in [5.74, 6) is 1.34. The molecule has 5 nitrogen and oxygen atoms in total. The van der Waals surface area contributed by atoms with Crippen LogP contribution < -0.4 is 10.2 Å². The summed E-state index contributed by atoms with van der Waals surface area (Å²) in [6.45, 7) is 5.88. The molecule has 0 amide bonds. The van der Waals surface area contributed by atoms with Crippen LogP contribution >= 0.6 is 0 Å². The molecule has 2 aromatic rings. The Hall–Kier alpha value is -1.85. The highest BCUT2D eigenvalue weighted by molar-refractivity contribution is 5.48. The van der Waals surface area contributed by atoms with Crippen LogP contribution in [0.15, 0.2) is 24.3 Å². The monoisotopic (exact) mass is 330 g/mol. The van der Waals surface area contributed by atoms with Gasteiger partial charge in [-0.2, -0.15) is 5.10 Å². The Morgan fingerprint density at radius 2 is 2.04 bits per heavy atom. The fraction of sp³-hybridized carbons (Fsp3) is 0.526. The van der Waals surface area contributed by atoms with Gasteiger partial charge in [0.05, 0.1) is 5.69 Å². The summed E-state index contributed by atoms with van der Waals surface area (Å²) >= 11 is 0. The van der Waals surface area contributed by atoms with Crippen molar-refractivity contribution in [2.45, 2.75) is 26.8 Å². The van der Waals surface area contributed by atoms with E-state index in [1.165, 1.54) is 16.7 Å². The molecule has 1 aromatic carbocycles. The number of aromatic nitrogens is 2. The van der Waals surface area contributed by atoms with E-state index in [-0.39, 0.29) is 12.5 Å². The molecule has 2 N–H and O–H groups in total. The maximum atomic E-state index is 9.69. The van der Waals surface area contributed by atoms with Crippen LogP contribution in [0, 0.1) is 19.8 Å². The highest BCUT2D eigenvalue weighted by Crippen LogP contribution is 2.21. The molecular weight excluding hydrogens is 300 g/mol. The fourth-order valence-electron chi connectivity index (χ4n) is 3.23. The van der Waals surface area contributed by atoms with Crippen molar-refractivity contribution in [1.82, 2.24) is 15.1 Å². The van der Waals surface area contributed by atoms with Crippen molar-refractivity contribution in [2.24, 2.45) is 13.0 Å². The van der Waals surface area contributed by atoms with Crippen LogP contribution in [0.2, 0.25) is 0 Å². The lowest BCUT2D eigenvalue weighted by Crippen LogP contribution is -2.27. The highest BCUT2D eigenvalue weighted by Gasteiger charge is 2.15. The predicted molar refractivity (Wildman–Crippen MR) is 99.4 cm³/mol. The topological polar surface area (TPSA) is 53.3 Å². The molecule has 1 atom stereocenters. The molecule has 1 aromatic heterocycles. The van der Waals surface area contributed by atoms with E-state index in [0.717, 1.165) is 31.0 Å². The Morgan fingerprint density at radius 1 is 1.29 bits per heavy atom. The molecular formula is C19H30N4O. The summed E-state index contributed by atoms with van der Waals surface area (Å²) < 4.78 is 1.92. The van der Waals surface area contributed by atoms with Crippen molar-refractivity contribution in [3.63, 3.8) is 0 Å². The quantitative estimate of drug-likeness (QED) is 0.778. The van der Waals surface area contributed by atoms with Crippen molar-refractivity contribution in [3.8, 4) is 0 Å². The Kier molecular flexibility index (Phi) is 6.40. The van der Waals surface area contributed by atoms with Gasteiger partial charge in [0.2, 0.25) is 0 Å². The van der Waals surface area contributed by atoms with Gasteiger partial charge >= 0.3 is 0 Å². The van der Waals surface area contributed by atoms with E-state index in [2.05, 4.69) is 46.5 Å². The minimum absolute atomic E-state index is 0.188. The molecule has 1 heterocycles. The number of rotatable bonds is 8. The summed E-state index contributed by atoms with van der Waals surface area (Å²) in [6, 6.07) is 8.50. The molecule has 24 heavy (non-hydrogen) atoms. The van der Waals surface area contributed by atoms with E-state index in [1.54, 1.807) is 0 Å². The van der Waals surface area contributed by atoms with E-state index in [1.807, 2.05) is 32.7 Å². The average molecular weight is 330 g/mol. The lowest BCUT2D eigenvalue weighted by Gasteiger charge is -2.18. The van der Waals surface area contributed by atoms with Gasteiger partial charge in [-0.25, -0.2) is 0 Å². The molecule has 0 radical (unpaired) electrons. The lowest BCUT2D eigenvalue weighted by atomic mass is 9.98. The molecule has 0 aliphatic carbocycles. The van der Waals surface area contributed by atoms with Gasteiger partial charge in [0.1, 0.15) is 5.82 Å². The van der Waals surface area contributed by atoms with Crippen molar-refractivity contribution >= 4 is 5.82 Å². The van der Waals surface area contributed by atoms with E-state index >= 15 is 0 Å². The van der Waals surface area contributed by atoms with Crippen LogP contribution in [0.1, 0.15) is 22.4 Å². The predicted octanol–water partition coefficient (Wildman–Crippen LogP) is 2.04. The number of anilines is 1. The zero-order valence-electron chi connectivity index (χ0n) is 15.5. The van der Waals surface area contributed by atoms with E-state index < -0.39 is 0 Å². The van der Waals surface area contributed by atoms with Crippen LogP contribution in [-0.4, -0.2) is 42.1 Å². The van der Waals surface area contributed by atoms with E-state index in [0.29, 0.717) is 0 Å². The number of hydrogen-bond donors (Lipinski definition) is 2. The van der Waals surface area contributed by atoms with Crippen LogP contribution in [-0.2, 0) is 20.0 Å². The van der Waals surface area contributed by atoms with E-state index in [9.17, 15) is 5.11 Å². The maximum Gasteiger partial charge on any atom is 0.130 e. The summed E-state index contributed by atoms with van der Waals surface area (Å²) in [5.41, 5.74) is 4.81. The molecule has 132 valence electrons.